The van der Waals surface area contributed by atoms with Crippen LogP contribution >= 0.6 is 11.8 Å². The van der Waals surface area contributed by atoms with E-state index in [0.717, 1.165) is 4.90 Å². The number of para-hydroxylation sites is 2. The molecule has 0 spiro atoms. The summed E-state index contributed by atoms with van der Waals surface area (Å²) in [6.45, 7) is 2.30. The molecule has 4 aromatic rings. The quantitative estimate of drug-likeness (QED) is 0.129. The third-order valence-electron chi connectivity index (χ3n) is 6.00. The van der Waals surface area contributed by atoms with E-state index in [1.54, 1.807) is 97.1 Å². The molecule has 0 aliphatic carbocycles. The topological polar surface area (TPSA) is 140 Å². The summed E-state index contributed by atoms with van der Waals surface area (Å²) in [5.41, 5.74) is 7.52. The fourth-order valence-corrected chi connectivity index (χ4v) is 4.66. The van der Waals surface area contributed by atoms with Gasteiger partial charge in [0.05, 0.1) is 23.6 Å². The first-order valence-corrected chi connectivity index (χ1v) is 14.4. The van der Waals surface area contributed by atoms with Crippen molar-refractivity contribution in [1.29, 1.82) is 0 Å². The summed E-state index contributed by atoms with van der Waals surface area (Å²) < 4.78 is 5.69. The van der Waals surface area contributed by atoms with Crippen molar-refractivity contribution in [2.24, 2.45) is 5.73 Å². The molecule has 9 nitrogen and oxygen atoms in total. The molecule has 218 valence electrons. The first-order chi connectivity index (χ1) is 20.8. The van der Waals surface area contributed by atoms with E-state index < -0.39 is 17.7 Å². The first kappa shape index (κ1) is 30.6. The Balaban J connectivity index is 1.44. The maximum Gasteiger partial charge on any atom is 0.272 e. The molecule has 0 aromatic heterocycles. The Hall–Kier alpha value is -5.35. The van der Waals surface area contributed by atoms with Crippen molar-refractivity contribution in [1.82, 2.24) is 5.32 Å². The lowest BCUT2D eigenvalue weighted by Gasteiger charge is -2.13. The highest BCUT2D eigenvalue weighted by Gasteiger charge is 2.16. The third-order valence-corrected chi connectivity index (χ3v) is 7.01. The fraction of sp³-hybridized carbons (Fsp3) is 0.0909. The van der Waals surface area contributed by atoms with E-state index in [0.29, 0.717) is 34.9 Å². The molecule has 0 bridgehead atoms. The number of benzene rings is 4. The highest BCUT2D eigenvalue weighted by Crippen LogP contribution is 2.23. The summed E-state index contributed by atoms with van der Waals surface area (Å²) in [5, 5.41) is 8.24. The predicted molar refractivity (Wildman–Crippen MR) is 169 cm³/mol. The Morgan fingerprint density at radius 1 is 0.814 bits per heavy atom. The van der Waals surface area contributed by atoms with Crippen molar-refractivity contribution in [3.63, 3.8) is 0 Å². The van der Waals surface area contributed by atoms with E-state index in [-0.39, 0.29) is 22.9 Å². The van der Waals surface area contributed by atoms with Gasteiger partial charge in [-0.25, -0.2) is 0 Å². The molecule has 0 aliphatic heterocycles. The minimum Gasteiger partial charge on any atom is -0.493 e. The Kier molecular flexibility index (Phi) is 10.7. The number of nitrogens with one attached hydrogen (secondary N) is 3. The number of rotatable bonds is 12. The van der Waals surface area contributed by atoms with E-state index in [9.17, 15) is 19.2 Å². The van der Waals surface area contributed by atoms with Crippen LogP contribution in [0.2, 0.25) is 0 Å². The van der Waals surface area contributed by atoms with Gasteiger partial charge in [-0.15, -0.1) is 11.8 Å². The molecule has 4 amide bonds. The lowest BCUT2D eigenvalue weighted by atomic mass is 10.1. The van der Waals surface area contributed by atoms with Crippen LogP contribution in [0.3, 0.4) is 0 Å². The van der Waals surface area contributed by atoms with Crippen molar-refractivity contribution < 1.29 is 23.9 Å². The van der Waals surface area contributed by atoms with Gasteiger partial charge in [0, 0.05) is 21.7 Å². The molecule has 0 saturated heterocycles. The zero-order chi connectivity index (χ0) is 30.6. The second-order valence-corrected chi connectivity index (χ2v) is 10.1. The van der Waals surface area contributed by atoms with Crippen LogP contribution in [0.15, 0.2) is 114 Å². The Labute approximate surface area is 253 Å². The van der Waals surface area contributed by atoms with Crippen molar-refractivity contribution in [3.05, 3.63) is 126 Å². The fourth-order valence-electron chi connectivity index (χ4n) is 3.96. The van der Waals surface area contributed by atoms with Crippen LogP contribution in [-0.2, 0) is 9.59 Å². The number of carbonyl (C=O) groups is 4. The van der Waals surface area contributed by atoms with Crippen molar-refractivity contribution in [2.45, 2.75) is 11.8 Å². The Morgan fingerprint density at radius 3 is 2.21 bits per heavy atom. The molecule has 0 radical (unpaired) electrons. The van der Waals surface area contributed by atoms with E-state index in [1.165, 1.54) is 11.8 Å². The van der Waals surface area contributed by atoms with Crippen LogP contribution in [0.1, 0.15) is 33.2 Å². The average molecular weight is 595 g/mol. The maximum absolute atomic E-state index is 13.4. The molecule has 5 N–H and O–H groups in total. The Morgan fingerprint density at radius 2 is 1.49 bits per heavy atom. The number of primary amides is 1. The molecular formula is C33H30N4O5S. The van der Waals surface area contributed by atoms with Crippen molar-refractivity contribution in [3.8, 4) is 5.75 Å². The Bertz CT molecular complexity index is 1640. The summed E-state index contributed by atoms with van der Waals surface area (Å²) in [6, 6.07) is 29.3. The van der Waals surface area contributed by atoms with E-state index >= 15 is 0 Å². The molecule has 0 unspecified atom stereocenters. The van der Waals surface area contributed by atoms with Gasteiger partial charge < -0.3 is 26.4 Å². The van der Waals surface area contributed by atoms with E-state index in [2.05, 4.69) is 16.0 Å². The highest BCUT2D eigenvalue weighted by atomic mass is 32.2. The number of nitrogens with two attached hydrogens (primary N) is 1. The summed E-state index contributed by atoms with van der Waals surface area (Å²) in [7, 11) is 0. The van der Waals surface area contributed by atoms with Crippen LogP contribution in [-0.4, -0.2) is 36.0 Å². The van der Waals surface area contributed by atoms with Gasteiger partial charge in [-0.1, -0.05) is 48.5 Å². The van der Waals surface area contributed by atoms with Gasteiger partial charge in [-0.2, -0.15) is 0 Å². The van der Waals surface area contributed by atoms with Crippen LogP contribution in [0, 0.1) is 0 Å². The molecule has 0 aliphatic rings. The van der Waals surface area contributed by atoms with Crippen LogP contribution in [0.4, 0.5) is 11.4 Å². The third kappa shape index (κ3) is 8.82. The average Bonchev–Trinajstić information content (AvgIpc) is 3.02. The summed E-state index contributed by atoms with van der Waals surface area (Å²) in [6.07, 6.45) is 1.57. The molecule has 0 heterocycles. The van der Waals surface area contributed by atoms with Gasteiger partial charge >= 0.3 is 0 Å². The second-order valence-electron chi connectivity index (χ2n) is 9.07. The van der Waals surface area contributed by atoms with Crippen molar-refractivity contribution >= 4 is 52.8 Å². The van der Waals surface area contributed by atoms with E-state index in [1.807, 2.05) is 19.1 Å². The van der Waals surface area contributed by atoms with Gasteiger partial charge in [0.1, 0.15) is 11.4 Å². The number of hydrogen-bond acceptors (Lipinski definition) is 6. The van der Waals surface area contributed by atoms with Crippen molar-refractivity contribution in [2.75, 3.05) is 23.0 Å². The van der Waals surface area contributed by atoms with Gasteiger partial charge in [-0.3, -0.25) is 19.2 Å². The molecule has 4 aromatic carbocycles. The van der Waals surface area contributed by atoms with Gasteiger partial charge in [0.2, 0.25) is 5.91 Å². The van der Waals surface area contributed by atoms with Crippen LogP contribution in [0.5, 0.6) is 5.75 Å². The maximum atomic E-state index is 13.4. The summed E-state index contributed by atoms with van der Waals surface area (Å²) in [4.78, 5) is 51.1. The minimum absolute atomic E-state index is 0.0346. The molecule has 0 atom stereocenters. The monoisotopic (exact) mass is 594 g/mol. The lowest BCUT2D eigenvalue weighted by molar-refractivity contribution is -0.114. The predicted octanol–water partition coefficient (Wildman–Crippen LogP) is 5.32. The molecular weight excluding hydrogens is 564 g/mol. The number of carbonyl (C=O) groups excluding carboxylic acids is 4. The normalized spacial score (nSPS) is 10.9. The highest BCUT2D eigenvalue weighted by molar-refractivity contribution is 8.00. The van der Waals surface area contributed by atoms with Crippen LogP contribution < -0.4 is 26.4 Å². The standard InChI is InChI=1S/C33H30N4O5S/c1-2-42-29-15-9-6-12-23(29)20-28(37-32(40)22-10-4-3-5-11-22)33(41)35-24-16-18-25(19-17-24)43-21-30(38)36-27-14-8-7-13-26(27)31(34)39/h3-20H,2,21H2,1H3,(H2,34,39)(H,35,41)(H,36,38)(H,37,40)/b28-20-. The zero-order valence-electron chi connectivity index (χ0n) is 23.3. The smallest absolute Gasteiger partial charge is 0.272 e. The van der Waals surface area contributed by atoms with Gasteiger partial charge in [0.15, 0.2) is 0 Å². The molecule has 10 heteroatoms. The number of anilines is 2. The first-order valence-electron chi connectivity index (χ1n) is 13.4. The second kappa shape index (κ2) is 15.0. The summed E-state index contributed by atoms with van der Waals surface area (Å²) in [5.74, 6) is -1.21. The largest absolute Gasteiger partial charge is 0.493 e. The van der Waals surface area contributed by atoms with Crippen LogP contribution in [0.25, 0.3) is 6.08 Å². The minimum atomic E-state index is -0.627. The molecule has 0 fully saturated rings. The number of hydrogen-bond donors (Lipinski definition) is 4. The molecule has 4 rings (SSSR count). The number of amides is 4. The van der Waals surface area contributed by atoms with Gasteiger partial charge in [0.25, 0.3) is 17.7 Å². The van der Waals surface area contributed by atoms with E-state index in [4.69, 9.17) is 10.5 Å². The van der Waals surface area contributed by atoms with Gasteiger partial charge in [-0.05, 0) is 67.6 Å². The number of thioether (sulfide) groups is 1. The summed E-state index contributed by atoms with van der Waals surface area (Å²) >= 11 is 1.29. The zero-order valence-corrected chi connectivity index (χ0v) is 24.1. The SMILES string of the molecule is CCOc1ccccc1/C=C(\NC(=O)c1ccccc1)C(=O)Nc1ccc(SCC(=O)Nc2ccccc2C(N)=O)cc1. The molecule has 43 heavy (non-hydrogen) atoms. The lowest BCUT2D eigenvalue weighted by Crippen LogP contribution is -2.30. The molecule has 0 saturated carbocycles. The number of ether oxygens (including phenoxy) is 1.